The van der Waals surface area contributed by atoms with Crippen molar-refractivity contribution < 1.29 is 19.1 Å². The SMILES string of the molecule is NC(=O)[C@@H]1CCCCN1C(=O)COC(=O)/C=C/c1ccsc1. The molecule has 1 atom stereocenters. The second kappa shape index (κ2) is 7.74. The average molecular weight is 322 g/mol. The van der Waals surface area contributed by atoms with Crippen LogP contribution in [0, 0.1) is 0 Å². The van der Waals surface area contributed by atoms with Gasteiger partial charge in [0.2, 0.25) is 5.91 Å². The van der Waals surface area contributed by atoms with Crippen LogP contribution in [0.5, 0.6) is 0 Å². The van der Waals surface area contributed by atoms with Crippen molar-refractivity contribution in [1.29, 1.82) is 0 Å². The van der Waals surface area contributed by atoms with Crippen molar-refractivity contribution in [1.82, 2.24) is 4.90 Å². The second-order valence-corrected chi connectivity index (χ2v) is 5.78. The normalized spacial score (nSPS) is 18.4. The van der Waals surface area contributed by atoms with E-state index in [0.29, 0.717) is 13.0 Å². The standard InChI is InChI=1S/C15H18N2O4S/c16-15(20)12-3-1-2-7-17(12)13(18)9-21-14(19)5-4-11-6-8-22-10-11/h4-6,8,10,12H,1-3,7,9H2,(H2,16,20)/b5-4+/t12-/m0/s1. The van der Waals surface area contributed by atoms with Gasteiger partial charge >= 0.3 is 5.97 Å². The van der Waals surface area contributed by atoms with Crippen molar-refractivity contribution in [2.45, 2.75) is 25.3 Å². The van der Waals surface area contributed by atoms with Crippen LogP contribution in [0.2, 0.25) is 0 Å². The van der Waals surface area contributed by atoms with Crippen LogP contribution < -0.4 is 5.73 Å². The molecule has 1 aromatic heterocycles. The molecule has 1 saturated heterocycles. The van der Waals surface area contributed by atoms with Gasteiger partial charge in [0.15, 0.2) is 6.61 Å². The van der Waals surface area contributed by atoms with Gasteiger partial charge in [-0.25, -0.2) is 4.79 Å². The molecule has 22 heavy (non-hydrogen) atoms. The third-order valence-electron chi connectivity index (χ3n) is 3.44. The zero-order valence-corrected chi connectivity index (χ0v) is 12.9. The lowest BCUT2D eigenvalue weighted by Gasteiger charge is -2.33. The zero-order valence-electron chi connectivity index (χ0n) is 12.1. The van der Waals surface area contributed by atoms with Gasteiger partial charge < -0.3 is 15.4 Å². The number of hydrogen-bond donors (Lipinski definition) is 1. The highest BCUT2D eigenvalue weighted by atomic mass is 32.1. The molecule has 118 valence electrons. The molecule has 0 saturated carbocycles. The Morgan fingerprint density at radius 1 is 1.41 bits per heavy atom. The summed E-state index contributed by atoms with van der Waals surface area (Å²) >= 11 is 1.52. The van der Waals surface area contributed by atoms with Crippen molar-refractivity contribution >= 4 is 35.2 Å². The molecule has 2 heterocycles. The Morgan fingerprint density at radius 2 is 2.23 bits per heavy atom. The molecule has 2 N–H and O–H groups in total. The number of nitrogens with two attached hydrogens (primary N) is 1. The van der Waals surface area contributed by atoms with Crippen LogP contribution in [0.4, 0.5) is 0 Å². The van der Waals surface area contributed by atoms with E-state index in [4.69, 9.17) is 10.5 Å². The molecule has 0 unspecified atom stereocenters. The van der Waals surface area contributed by atoms with E-state index in [-0.39, 0.29) is 12.5 Å². The van der Waals surface area contributed by atoms with E-state index < -0.39 is 17.9 Å². The number of piperidine rings is 1. The highest BCUT2D eigenvalue weighted by molar-refractivity contribution is 7.08. The smallest absolute Gasteiger partial charge is 0.331 e. The van der Waals surface area contributed by atoms with E-state index >= 15 is 0 Å². The van der Waals surface area contributed by atoms with Crippen LogP contribution in [0.25, 0.3) is 6.08 Å². The minimum absolute atomic E-state index is 0.378. The van der Waals surface area contributed by atoms with Gasteiger partial charge in [-0.2, -0.15) is 11.3 Å². The first-order valence-corrected chi connectivity index (χ1v) is 7.98. The maximum Gasteiger partial charge on any atom is 0.331 e. The molecular weight excluding hydrogens is 304 g/mol. The average Bonchev–Trinajstić information content (AvgIpc) is 3.04. The third kappa shape index (κ3) is 4.42. The summed E-state index contributed by atoms with van der Waals surface area (Å²) in [6, 6.07) is 1.27. The Labute approximate surface area is 132 Å². The number of carbonyl (C=O) groups excluding carboxylic acids is 3. The van der Waals surface area contributed by atoms with E-state index in [2.05, 4.69) is 0 Å². The second-order valence-electron chi connectivity index (χ2n) is 5.00. The van der Waals surface area contributed by atoms with Crippen molar-refractivity contribution in [3.05, 3.63) is 28.5 Å². The summed E-state index contributed by atoms with van der Waals surface area (Å²) in [5.74, 6) is -1.50. The number of likely N-dealkylation sites (tertiary alicyclic amines) is 1. The van der Waals surface area contributed by atoms with Crippen LogP contribution in [0.3, 0.4) is 0 Å². The number of primary amides is 1. The number of thiophene rings is 1. The van der Waals surface area contributed by atoms with Gasteiger partial charge in [-0.1, -0.05) is 0 Å². The lowest BCUT2D eigenvalue weighted by molar-refractivity contribution is -0.151. The molecule has 2 rings (SSSR count). The molecular formula is C15H18N2O4S. The monoisotopic (exact) mass is 322 g/mol. The molecule has 0 aliphatic carbocycles. The van der Waals surface area contributed by atoms with Crippen LogP contribution in [0.1, 0.15) is 24.8 Å². The first-order chi connectivity index (χ1) is 10.6. The maximum atomic E-state index is 12.1. The third-order valence-corrected chi connectivity index (χ3v) is 4.15. The fourth-order valence-electron chi connectivity index (χ4n) is 2.32. The fourth-order valence-corrected chi connectivity index (χ4v) is 2.95. The number of ether oxygens (including phenoxy) is 1. The van der Waals surface area contributed by atoms with Crippen LogP contribution in [-0.4, -0.2) is 41.9 Å². The largest absolute Gasteiger partial charge is 0.452 e. The summed E-state index contributed by atoms with van der Waals surface area (Å²) in [4.78, 5) is 36.4. The number of carbonyl (C=O) groups is 3. The molecule has 7 heteroatoms. The molecule has 6 nitrogen and oxygen atoms in total. The number of nitrogens with zero attached hydrogens (tertiary/aromatic N) is 1. The van der Waals surface area contributed by atoms with Crippen molar-refractivity contribution in [3.63, 3.8) is 0 Å². The first-order valence-electron chi connectivity index (χ1n) is 7.04. The number of esters is 1. The van der Waals surface area contributed by atoms with E-state index in [9.17, 15) is 14.4 Å². The summed E-state index contributed by atoms with van der Waals surface area (Å²) in [6.07, 6.45) is 5.14. The quantitative estimate of drug-likeness (QED) is 0.651. The van der Waals surface area contributed by atoms with Gasteiger partial charge in [0.1, 0.15) is 6.04 Å². The van der Waals surface area contributed by atoms with Gasteiger partial charge in [-0.05, 0) is 47.7 Å². The number of rotatable bonds is 5. The van der Waals surface area contributed by atoms with Crippen molar-refractivity contribution in [2.24, 2.45) is 5.73 Å². The van der Waals surface area contributed by atoms with Gasteiger partial charge in [0.05, 0.1) is 0 Å². The predicted octanol–water partition coefficient (Wildman–Crippen LogP) is 1.17. The van der Waals surface area contributed by atoms with E-state index in [1.807, 2.05) is 16.8 Å². The molecule has 1 aliphatic heterocycles. The molecule has 0 spiro atoms. The van der Waals surface area contributed by atoms with Gasteiger partial charge in [0, 0.05) is 12.6 Å². The van der Waals surface area contributed by atoms with Crippen LogP contribution in [-0.2, 0) is 19.1 Å². The Morgan fingerprint density at radius 3 is 2.91 bits per heavy atom. The number of hydrogen-bond acceptors (Lipinski definition) is 5. The molecule has 0 bridgehead atoms. The zero-order chi connectivity index (χ0) is 15.9. The molecule has 1 aromatic rings. The first kappa shape index (κ1) is 16.2. The van der Waals surface area contributed by atoms with E-state index in [1.54, 1.807) is 6.08 Å². The molecule has 2 amide bonds. The van der Waals surface area contributed by atoms with Gasteiger partial charge in [0.25, 0.3) is 5.91 Å². The highest BCUT2D eigenvalue weighted by Crippen LogP contribution is 2.17. The summed E-state index contributed by atoms with van der Waals surface area (Å²) < 4.78 is 4.92. The predicted molar refractivity (Wildman–Crippen MR) is 82.9 cm³/mol. The lowest BCUT2D eigenvalue weighted by Crippen LogP contribution is -2.51. The minimum atomic E-state index is -0.596. The van der Waals surface area contributed by atoms with Crippen molar-refractivity contribution in [3.8, 4) is 0 Å². The van der Waals surface area contributed by atoms with E-state index in [1.165, 1.54) is 22.3 Å². The van der Waals surface area contributed by atoms with Gasteiger partial charge in [-0.3, -0.25) is 9.59 Å². The lowest BCUT2D eigenvalue weighted by atomic mass is 10.0. The molecule has 0 radical (unpaired) electrons. The number of amides is 2. The summed E-state index contributed by atoms with van der Waals surface area (Å²) in [5, 5.41) is 3.79. The maximum absolute atomic E-state index is 12.1. The van der Waals surface area contributed by atoms with Crippen molar-refractivity contribution in [2.75, 3.05) is 13.2 Å². The summed E-state index contributed by atoms with van der Waals surface area (Å²) in [7, 11) is 0. The fraction of sp³-hybridized carbons (Fsp3) is 0.400. The molecule has 1 aliphatic rings. The molecule has 0 aromatic carbocycles. The van der Waals surface area contributed by atoms with E-state index in [0.717, 1.165) is 18.4 Å². The highest BCUT2D eigenvalue weighted by Gasteiger charge is 2.30. The summed E-state index contributed by atoms with van der Waals surface area (Å²) in [6.45, 7) is 0.0886. The Kier molecular flexibility index (Phi) is 5.71. The Hall–Kier alpha value is -2.15. The minimum Gasteiger partial charge on any atom is -0.452 e. The van der Waals surface area contributed by atoms with Gasteiger partial charge in [-0.15, -0.1) is 0 Å². The topological polar surface area (TPSA) is 89.7 Å². The summed E-state index contributed by atoms with van der Waals surface area (Å²) in [5.41, 5.74) is 6.20. The molecule has 1 fully saturated rings. The Bertz CT molecular complexity index is 568. The van der Waals surface area contributed by atoms with Crippen LogP contribution >= 0.6 is 11.3 Å². The Balaban J connectivity index is 1.83. The van der Waals surface area contributed by atoms with Crippen LogP contribution in [0.15, 0.2) is 22.9 Å².